The first-order valence-corrected chi connectivity index (χ1v) is 6.52. The van der Waals surface area contributed by atoms with Crippen LogP contribution >= 0.6 is 18.2 Å². The predicted octanol–water partition coefficient (Wildman–Crippen LogP) is 1.90. The standard InChI is InChI=1S/C6H9O3PS/c1-3-6-4-5-8-10(7,9-6)11-2/h1,6H,4-5H2,2H3. The summed E-state index contributed by atoms with van der Waals surface area (Å²) in [6, 6.07) is 0. The Morgan fingerprint density at radius 3 is 3.09 bits per heavy atom. The fourth-order valence-electron chi connectivity index (χ4n) is 0.720. The van der Waals surface area contributed by atoms with Crippen molar-refractivity contribution in [1.82, 2.24) is 0 Å². The second-order valence-corrected chi connectivity index (χ2v) is 6.18. The van der Waals surface area contributed by atoms with Gasteiger partial charge in [0, 0.05) is 6.42 Å². The van der Waals surface area contributed by atoms with E-state index in [0.29, 0.717) is 13.0 Å². The Labute approximate surface area is 70.1 Å². The number of rotatable bonds is 1. The molecule has 1 aliphatic heterocycles. The van der Waals surface area contributed by atoms with Crippen LogP contribution in [0.25, 0.3) is 0 Å². The summed E-state index contributed by atoms with van der Waals surface area (Å²) in [6.07, 6.45) is 7.08. The number of hydrogen-bond acceptors (Lipinski definition) is 4. The van der Waals surface area contributed by atoms with Crippen LogP contribution in [0.1, 0.15) is 6.42 Å². The smallest absolute Gasteiger partial charge is 0.301 e. The average Bonchev–Trinajstić information content (AvgIpc) is 2.05. The topological polar surface area (TPSA) is 35.5 Å². The first-order valence-electron chi connectivity index (χ1n) is 3.15. The second kappa shape index (κ2) is 3.64. The van der Waals surface area contributed by atoms with Crippen molar-refractivity contribution in [3.05, 3.63) is 0 Å². The predicted molar refractivity (Wildman–Crippen MR) is 45.4 cm³/mol. The molecule has 62 valence electrons. The molecule has 0 aromatic rings. The van der Waals surface area contributed by atoms with Crippen molar-refractivity contribution in [3.8, 4) is 12.3 Å². The molecular weight excluding hydrogens is 183 g/mol. The molecule has 0 N–H and O–H groups in total. The molecule has 0 aliphatic carbocycles. The Bertz CT molecular complexity index is 222. The fourth-order valence-corrected chi connectivity index (χ4v) is 2.89. The molecule has 5 heteroatoms. The van der Waals surface area contributed by atoms with E-state index in [1.807, 2.05) is 0 Å². The average molecular weight is 192 g/mol. The van der Waals surface area contributed by atoms with Gasteiger partial charge in [-0.15, -0.1) is 6.42 Å². The number of terminal acetylenes is 1. The summed E-state index contributed by atoms with van der Waals surface area (Å²) >= 11 is 1.08. The Morgan fingerprint density at radius 1 is 1.82 bits per heavy atom. The zero-order valence-corrected chi connectivity index (χ0v) is 7.86. The molecule has 1 fully saturated rings. The summed E-state index contributed by atoms with van der Waals surface area (Å²) in [5, 5.41) is 0. The van der Waals surface area contributed by atoms with Crippen molar-refractivity contribution < 1.29 is 13.6 Å². The highest BCUT2D eigenvalue weighted by molar-refractivity contribution is 8.54. The molecule has 0 aromatic carbocycles. The van der Waals surface area contributed by atoms with Gasteiger partial charge in [-0.1, -0.05) is 5.92 Å². The van der Waals surface area contributed by atoms with Crippen LogP contribution in [-0.4, -0.2) is 19.0 Å². The van der Waals surface area contributed by atoms with E-state index < -0.39 is 6.80 Å². The maximum absolute atomic E-state index is 11.4. The van der Waals surface area contributed by atoms with Crippen LogP contribution in [0.5, 0.6) is 0 Å². The Hall–Kier alpha value is 0.0600. The van der Waals surface area contributed by atoms with Crippen molar-refractivity contribution in [2.45, 2.75) is 12.5 Å². The first-order chi connectivity index (χ1) is 5.20. The number of hydrogen-bond donors (Lipinski definition) is 0. The second-order valence-electron chi connectivity index (χ2n) is 2.01. The highest BCUT2D eigenvalue weighted by Crippen LogP contribution is 2.61. The molecule has 3 nitrogen and oxygen atoms in total. The van der Waals surface area contributed by atoms with Crippen LogP contribution < -0.4 is 0 Å². The summed E-state index contributed by atoms with van der Waals surface area (Å²) in [7, 11) is 0. The first kappa shape index (κ1) is 9.15. The van der Waals surface area contributed by atoms with Gasteiger partial charge in [0.2, 0.25) is 0 Å². The fraction of sp³-hybridized carbons (Fsp3) is 0.667. The van der Waals surface area contributed by atoms with Gasteiger partial charge in [0.1, 0.15) is 6.10 Å². The lowest BCUT2D eigenvalue weighted by Crippen LogP contribution is -2.17. The van der Waals surface area contributed by atoms with Crippen molar-refractivity contribution in [1.29, 1.82) is 0 Å². The lowest BCUT2D eigenvalue weighted by Gasteiger charge is -2.24. The van der Waals surface area contributed by atoms with Crippen LogP contribution in [0.3, 0.4) is 0 Å². The summed E-state index contributed by atoms with van der Waals surface area (Å²) < 4.78 is 21.4. The van der Waals surface area contributed by atoms with E-state index >= 15 is 0 Å². The van der Waals surface area contributed by atoms with Crippen LogP contribution in [-0.2, 0) is 13.6 Å². The molecule has 11 heavy (non-hydrogen) atoms. The van der Waals surface area contributed by atoms with Gasteiger partial charge >= 0.3 is 6.80 Å². The van der Waals surface area contributed by atoms with E-state index in [4.69, 9.17) is 15.5 Å². The largest absolute Gasteiger partial charge is 0.390 e. The zero-order valence-electron chi connectivity index (χ0n) is 6.15. The lowest BCUT2D eigenvalue weighted by molar-refractivity contribution is 0.125. The minimum Gasteiger partial charge on any atom is -0.301 e. The zero-order chi connectivity index (χ0) is 8.32. The van der Waals surface area contributed by atoms with E-state index in [0.717, 1.165) is 11.4 Å². The van der Waals surface area contributed by atoms with Crippen LogP contribution in [0.2, 0.25) is 0 Å². The molecule has 0 amide bonds. The molecule has 1 heterocycles. The van der Waals surface area contributed by atoms with Crippen LogP contribution in [0.15, 0.2) is 0 Å². The van der Waals surface area contributed by atoms with E-state index in [1.165, 1.54) is 0 Å². The Morgan fingerprint density at radius 2 is 2.55 bits per heavy atom. The minimum atomic E-state index is -2.89. The van der Waals surface area contributed by atoms with Crippen molar-refractivity contribution >= 4 is 18.2 Å². The molecule has 2 unspecified atom stereocenters. The molecule has 1 rings (SSSR count). The third kappa shape index (κ3) is 2.25. The maximum Gasteiger partial charge on any atom is 0.390 e. The molecule has 0 saturated carbocycles. The summed E-state index contributed by atoms with van der Waals surface area (Å²) in [5.41, 5.74) is 0. The van der Waals surface area contributed by atoms with E-state index in [9.17, 15) is 4.57 Å². The minimum absolute atomic E-state index is 0.345. The quantitative estimate of drug-likeness (QED) is 0.469. The van der Waals surface area contributed by atoms with E-state index in [2.05, 4.69) is 5.92 Å². The van der Waals surface area contributed by atoms with Gasteiger partial charge in [-0.05, 0) is 17.6 Å². The van der Waals surface area contributed by atoms with Gasteiger partial charge in [0.25, 0.3) is 0 Å². The molecule has 0 aromatic heterocycles. The van der Waals surface area contributed by atoms with Gasteiger partial charge in [-0.3, -0.25) is 4.52 Å². The molecule has 1 aliphatic rings. The van der Waals surface area contributed by atoms with Crippen molar-refractivity contribution in [2.75, 3.05) is 12.9 Å². The van der Waals surface area contributed by atoms with Crippen molar-refractivity contribution in [2.24, 2.45) is 0 Å². The Balaban J connectivity index is 2.61. The highest BCUT2D eigenvalue weighted by atomic mass is 32.7. The lowest BCUT2D eigenvalue weighted by atomic mass is 10.3. The van der Waals surface area contributed by atoms with Gasteiger partial charge in [0.15, 0.2) is 0 Å². The normalized spacial score (nSPS) is 38.0. The molecule has 0 spiro atoms. The third-order valence-electron chi connectivity index (χ3n) is 1.30. The maximum atomic E-state index is 11.4. The van der Waals surface area contributed by atoms with Crippen LogP contribution in [0.4, 0.5) is 0 Å². The summed E-state index contributed by atoms with van der Waals surface area (Å²) in [4.78, 5) is 0. The Kier molecular flexibility index (Phi) is 3.03. The molecular formula is C6H9O3PS. The van der Waals surface area contributed by atoms with E-state index in [-0.39, 0.29) is 6.10 Å². The summed E-state index contributed by atoms with van der Waals surface area (Å²) in [6.45, 7) is -2.47. The third-order valence-corrected chi connectivity index (χ3v) is 4.67. The van der Waals surface area contributed by atoms with Gasteiger partial charge < -0.3 is 4.52 Å². The highest BCUT2D eigenvalue weighted by Gasteiger charge is 2.31. The van der Waals surface area contributed by atoms with Gasteiger partial charge in [-0.25, -0.2) is 4.57 Å². The van der Waals surface area contributed by atoms with Crippen LogP contribution in [0, 0.1) is 12.3 Å². The molecule has 1 saturated heterocycles. The SMILES string of the molecule is C#CC1CCOP(=O)(SC)O1. The monoisotopic (exact) mass is 192 g/mol. The van der Waals surface area contributed by atoms with Crippen molar-refractivity contribution in [3.63, 3.8) is 0 Å². The molecule has 0 bridgehead atoms. The van der Waals surface area contributed by atoms with E-state index in [1.54, 1.807) is 6.26 Å². The molecule has 0 radical (unpaired) electrons. The van der Waals surface area contributed by atoms with Gasteiger partial charge in [0.05, 0.1) is 6.61 Å². The van der Waals surface area contributed by atoms with Gasteiger partial charge in [-0.2, -0.15) is 0 Å². The molecule has 2 atom stereocenters. The summed E-state index contributed by atoms with van der Waals surface area (Å²) in [5.74, 6) is 2.41.